The molecule has 6 nitrogen and oxygen atoms in total. The highest BCUT2D eigenvalue weighted by Gasteiger charge is 2.30. The Kier molecular flexibility index (Phi) is 6.75. The number of hydrogen-bond donors (Lipinski definition) is 0. The lowest BCUT2D eigenvalue weighted by Crippen LogP contribution is -2.43. The Hall–Kier alpha value is -1.95. The molecule has 1 saturated heterocycles. The molecule has 0 radical (unpaired) electrons. The molecule has 1 aromatic rings. The van der Waals surface area contributed by atoms with Gasteiger partial charge in [-0.15, -0.1) is 0 Å². The molecule has 0 aromatic heterocycles. The topological polar surface area (TPSA) is 65.1 Å². The summed E-state index contributed by atoms with van der Waals surface area (Å²) in [6, 6.07) is 5.18. The van der Waals surface area contributed by atoms with Gasteiger partial charge in [-0.25, -0.2) is 4.79 Å². The molecule has 0 saturated carbocycles. The smallest absolute Gasteiger partial charge is 0.410 e. The van der Waals surface area contributed by atoms with Crippen LogP contribution in [0.2, 0.25) is 5.02 Å². The largest absolute Gasteiger partial charge is 0.496 e. The molecule has 26 heavy (non-hydrogen) atoms. The van der Waals surface area contributed by atoms with Crippen molar-refractivity contribution in [2.24, 2.45) is 5.92 Å². The molecule has 144 valence electrons. The molecule has 1 amide bonds. The summed E-state index contributed by atoms with van der Waals surface area (Å²) in [5.74, 6) is 0.136. The average Bonchev–Trinajstić information content (AvgIpc) is 2.58. The van der Waals surface area contributed by atoms with Crippen molar-refractivity contribution in [3.63, 3.8) is 0 Å². The van der Waals surface area contributed by atoms with E-state index in [-0.39, 0.29) is 24.6 Å². The minimum Gasteiger partial charge on any atom is -0.496 e. The van der Waals surface area contributed by atoms with E-state index < -0.39 is 5.60 Å². The molecule has 2 rings (SSSR count). The molecule has 1 fully saturated rings. The lowest BCUT2D eigenvalue weighted by Gasteiger charge is -2.32. The molecule has 0 N–H and O–H groups in total. The second-order valence-electron chi connectivity index (χ2n) is 7.31. The lowest BCUT2D eigenvalue weighted by molar-refractivity contribution is -0.151. The van der Waals surface area contributed by atoms with Crippen molar-refractivity contribution in [2.75, 3.05) is 20.2 Å². The van der Waals surface area contributed by atoms with Crippen molar-refractivity contribution in [3.8, 4) is 5.75 Å². The van der Waals surface area contributed by atoms with E-state index in [2.05, 4.69) is 0 Å². The number of carbonyl (C=O) groups excluding carboxylic acids is 2. The zero-order valence-electron chi connectivity index (χ0n) is 15.7. The van der Waals surface area contributed by atoms with Crippen LogP contribution in [0.3, 0.4) is 0 Å². The number of benzene rings is 1. The maximum Gasteiger partial charge on any atom is 0.410 e. The Morgan fingerprint density at radius 3 is 2.46 bits per heavy atom. The quantitative estimate of drug-likeness (QED) is 0.734. The summed E-state index contributed by atoms with van der Waals surface area (Å²) in [5.41, 5.74) is 0.197. The van der Waals surface area contributed by atoms with E-state index in [0.717, 1.165) is 5.56 Å². The standard InChI is InChI=1S/C19H26ClNO5/c1-19(2,3)26-18(23)21-9-7-13(8-10-21)17(22)25-12-14-11-15(20)5-6-16(14)24-4/h5-6,11,13H,7-10,12H2,1-4H3. The van der Waals surface area contributed by atoms with E-state index in [1.807, 2.05) is 20.8 Å². The first-order valence-corrected chi connectivity index (χ1v) is 9.04. The van der Waals surface area contributed by atoms with Gasteiger partial charge in [-0.2, -0.15) is 0 Å². The number of esters is 1. The average molecular weight is 384 g/mol. The van der Waals surface area contributed by atoms with E-state index >= 15 is 0 Å². The number of ether oxygens (including phenoxy) is 3. The Balaban J connectivity index is 1.83. The van der Waals surface area contributed by atoms with E-state index in [1.54, 1.807) is 30.2 Å². The van der Waals surface area contributed by atoms with E-state index in [4.69, 9.17) is 25.8 Å². The van der Waals surface area contributed by atoms with Crippen LogP contribution < -0.4 is 4.74 Å². The van der Waals surface area contributed by atoms with Gasteiger partial charge in [-0.1, -0.05) is 11.6 Å². The first-order valence-electron chi connectivity index (χ1n) is 8.66. The minimum absolute atomic E-state index is 0.106. The molecule has 0 spiro atoms. The number of amides is 1. The second kappa shape index (κ2) is 8.62. The van der Waals surface area contributed by atoms with E-state index in [0.29, 0.717) is 36.7 Å². The van der Waals surface area contributed by atoms with Crippen molar-refractivity contribution in [3.05, 3.63) is 28.8 Å². The number of rotatable bonds is 4. The summed E-state index contributed by atoms with van der Waals surface area (Å²) in [6.07, 6.45) is 0.781. The fourth-order valence-corrected chi connectivity index (χ4v) is 2.95. The predicted molar refractivity (Wildman–Crippen MR) is 98.3 cm³/mol. The van der Waals surface area contributed by atoms with Gasteiger partial charge in [-0.3, -0.25) is 4.79 Å². The number of methoxy groups -OCH3 is 1. The van der Waals surface area contributed by atoms with Crippen molar-refractivity contribution in [1.29, 1.82) is 0 Å². The highest BCUT2D eigenvalue weighted by molar-refractivity contribution is 6.30. The number of halogens is 1. The van der Waals surface area contributed by atoms with Gasteiger partial charge in [0.25, 0.3) is 0 Å². The number of piperidine rings is 1. The molecule has 0 aliphatic carbocycles. The summed E-state index contributed by atoms with van der Waals surface area (Å²) in [4.78, 5) is 26.0. The summed E-state index contributed by atoms with van der Waals surface area (Å²) < 4.78 is 16.0. The lowest BCUT2D eigenvalue weighted by atomic mass is 9.97. The Bertz CT molecular complexity index is 648. The number of likely N-dealkylation sites (tertiary alicyclic amines) is 1. The van der Waals surface area contributed by atoms with Crippen LogP contribution in [0.25, 0.3) is 0 Å². The first-order chi connectivity index (χ1) is 12.2. The molecule has 1 aliphatic heterocycles. The zero-order chi connectivity index (χ0) is 19.3. The maximum atomic E-state index is 12.3. The molecule has 0 bridgehead atoms. The van der Waals surface area contributed by atoms with Crippen molar-refractivity contribution in [2.45, 2.75) is 45.8 Å². The van der Waals surface area contributed by atoms with Crippen LogP contribution in [0, 0.1) is 5.92 Å². The number of carbonyl (C=O) groups is 2. The van der Waals surface area contributed by atoms with Crippen molar-refractivity contribution in [1.82, 2.24) is 4.90 Å². The van der Waals surface area contributed by atoms with Crippen LogP contribution >= 0.6 is 11.6 Å². The summed E-state index contributed by atoms with van der Waals surface area (Å²) in [6.45, 7) is 6.57. The number of hydrogen-bond acceptors (Lipinski definition) is 5. The van der Waals surface area contributed by atoms with E-state index in [1.165, 1.54) is 0 Å². The fraction of sp³-hybridized carbons (Fsp3) is 0.579. The predicted octanol–water partition coefficient (Wildman–Crippen LogP) is 4.04. The van der Waals surface area contributed by atoms with Crippen LogP contribution in [0.15, 0.2) is 18.2 Å². The third kappa shape index (κ3) is 5.80. The van der Waals surface area contributed by atoms with Crippen LogP contribution in [0.5, 0.6) is 5.75 Å². The summed E-state index contributed by atoms with van der Waals surface area (Å²) >= 11 is 5.98. The van der Waals surface area contributed by atoms with Gasteiger partial charge in [-0.05, 0) is 51.8 Å². The van der Waals surface area contributed by atoms with E-state index in [9.17, 15) is 9.59 Å². The fourth-order valence-electron chi connectivity index (χ4n) is 2.75. The molecular weight excluding hydrogens is 358 g/mol. The summed E-state index contributed by atoms with van der Waals surface area (Å²) in [7, 11) is 1.56. The van der Waals surface area contributed by atoms with Crippen LogP contribution in [0.1, 0.15) is 39.2 Å². The molecule has 1 aliphatic rings. The van der Waals surface area contributed by atoms with Gasteiger partial charge in [0, 0.05) is 23.7 Å². The Labute approximate surface area is 159 Å². The Morgan fingerprint density at radius 2 is 1.88 bits per heavy atom. The normalized spacial score (nSPS) is 15.5. The molecule has 0 atom stereocenters. The molecule has 0 unspecified atom stereocenters. The van der Waals surface area contributed by atoms with Crippen LogP contribution in [-0.2, 0) is 20.9 Å². The van der Waals surface area contributed by atoms with Crippen LogP contribution in [-0.4, -0.2) is 42.8 Å². The van der Waals surface area contributed by atoms with Crippen LogP contribution in [0.4, 0.5) is 4.79 Å². The van der Waals surface area contributed by atoms with Gasteiger partial charge in [0.15, 0.2) is 0 Å². The zero-order valence-corrected chi connectivity index (χ0v) is 16.5. The van der Waals surface area contributed by atoms with Gasteiger partial charge in [0.05, 0.1) is 13.0 Å². The molecule has 1 aromatic carbocycles. The van der Waals surface area contributed by atoms with Gasteiger partial charge >= 0.3 is 12.1 Å². The van der Waals surface area contributed by atoms with Gasteiger partial charge < -0.3 is 19.1 Å². The monoisotopic (exact) mass is 383 g/mol. The molecular formula is C19H26ClNO5. The number of nitrogens with zero attached hydrogens (tertiary/aromatic N) is 1. The highest BCUT2D eigenvalue weighted by Crippen LogP contribution is 2.25. The second-order valence-corrected chi connectivity index (χ2v) is 7.74. The molecule has 1 heterocycles. The van der Waals surface area contributed by atoms with Gasteiger partial charge in [0.1, 0.15) is 18.0 Å². The van der Waals surface area contributed by atoms with Crippen molar-refractivity contribution < 1.29 is 23.8 Å². The first kappa shape index (κ1) is 20.4. The highest BCUT2D eigenvalue weighted by atomic mass is 35.5. The van der Waals surface area contributed by atoms with Gasteiger partial charge in [0.2, 0.25) is 0 Å². The van der Waals surface area contributed by atoms with Crippen molar-refractivity contribution >= 4 is 23.7 Å². The minimum atomic E-state index is -0.525. The maximum absolute atomic E-state index is 12.3. The summed E-state index contributed by atoms with van der Waals surface area (Å²) in [5, 5.41) is 0.558. The third-order valence-electron chi connectivity index (χ3n) is 4.09. The molecule has 7 heteroatoms. The third-order valence-corrected chi connectivity index (χ3v) is 4.33. The SMILES string of the molecule is COc1ccc(Cl)cc1COC(=O)C1CCN(C(=O)OC(C)(C)C)CC1. The Morgan fingerprint density at radius 1 is 1.23 bits per heavy atom.